The Balaban J connectivity index is 2.18. The molecule has 0 unspecified atom stereocenters. The molecule has 2 rings (SSSR count). The number of rotatable bonds is 2. The van der Waals surface area contributed by atoms with Crippen LogP contribution in [0.5, 0.6) is 0 Å². The van der Waals surface area contributed by atoms with E-state index in [0.29, 0.717) is 5.95 Å². The largest absolute Gasteiger partial charge is 0.331 e. The van der Waals surface area contributed by atoms with Crippen molar-refractivity contribution < 1.29 is 4.79 Å². The van der Waals surface area contributed by atoms with E-state index < -0.39 is 5.91 Å². The number of anilines is 1. The Morgan fingerprint density at radius 2 is 2.27 bits per heavy atom. The van der Waals surface area contributed by atoms with Crippen LogP contribution >= 0.6 is 0 Å². The summed E-state index contributed by atoms with van der Waals surface area (Å²) in [5.41, 5.74) is -0.124. The molecule has 15 heavy (non-hydrogen) atoms. The molecule has 0 radical (unpaired) electrons. The molecule has 2 aromatic heterocycles. The second kappa shape index (κ2) is 3.79. The second-order valence-electron chi connectivity index (χ2n) is 2.82. The lowest BCUT2D eigenvalue weighted by molar-refractivity contribution is 0.102. The Labute approximate surface area is 84.4 Å². The van der Waals surface area contributed by atoms with Crippen molar-refractivity contribution in [2.75, 3.05) is 5.32 Å². The minimum atomic E-state index is -0.414. The molecule has 6 nitrogen and oxygen atoms in total. The molecule has 6 heteroatoms. The van der Waals surface area contributed by atoms with Crippen LogP contribution in [0.15, 0.2) is 35.4 Å². The van der Waals surface area contributed by atoms with Gasteiger partial charge in [-0.1, -0.05) is 6.07 Å². The average Bonchev–Trinajstić information content (AvgIpc) is 2.70. The number of carbonyl (C=O) groups is 1. The van der Waals surface area contributed by atoms with Crippen molar-refractivity contribution in [1.82, 2.24) is 15.0 Å². The Hall–Kier alpha value is -2.37. The fourth-order valence-electron chi connectivity index (χ4n) is 1.09. The SMILES string of the molecule is O=C(Nc1ncc[nH]1)c1cccc(=O)[nH]1. The minimum absolute atomic E-state index is 0.193. The monoisotopic (exact) mass is 204 g/mol. The summed E-state index contributed by atoms with van der Waals surface area (Å²) in [5, 5.41) is 2.49. The van der Waals surface area contributed by atoms with Gasteiger partial charge >= 0.3 is 0 Å². The fourth-order valence-corrected chi connectivity index (χ4v) is 1.09. The Morgan fingerprint density at radius 1 is 1.40 bits per heavy atom. The molecule has 3 N–H and O–H groups in total. The lowest BCUT2D eigenvalue weighted by atomic mass is 10.3. The Kier molecular flexibility index (Phi) is 2.32. The van der Waals surface area contributed by atoms with Gasteiger partial charge < -0.3 is 9.97 Å². The molecular weight excluding hydrogens is 196 g/mol. The lowest BCUT2D eigenvalue weighted by Gasteiger charge is -2.00. The van der Waals surface area contributed by atoms with Gasteiger partial charge in [0, 0.05) is 18.5 Å². The van der Waals surface area contributed by atoms with Crippen LogP contribution in [0.3, 0.4) is 0 Å². The maximum absolute atomic E-state index is 11.5. The molecule has 0 spiro atoms. The third-order valence-electron chi connectivity index (χ3n) is 1.74. The van der Waals surface area contributed by atoms with Gasteiger partial charge in [-0.2, -0.15) is 0 Å². The highest BCUT2D eigenvalue weighted by Crippen LogP contribution is 1.98. The van der Waals surface area contributed by atoms with Crippen LogP contribution in [0.2, 0.25) is 0 Å². The first kappa shape index (κ1) is 9.20. The molecule has 0 aliphatic carbocycles. The first-order valence-electron chi connectivity index (χ1n) is 4.26. The Bertz CT molecular complexity index is 515. The van der Waals surface area contributed by atoms with Gasteiger partial charge in [-0.3, -0.25) is 14.9 Å². The van der Waals surface area contributed by atoms with Crippen molar-refractivity contribution in [3.8, 4) is 0 Å². The number of nitrogens with zero attached hydrogens (tertiary/aromatic N) is 1. The van der Waals surface area contributed by atoms with Crippen LogP contribution < -0.4 is 10.9 Å². The van der Waals surface area contributed by atoms with Crippen LogP contribution in [0.4, 0.5) is 5.95 Å². The molecule has 0 aromatic carbocycles. The number of H-pyrrole nitrogens is 2. The highest BCUT2D eigenvalue weighted by molar-refractivity contribution is 6.01. The molecular formula is C9H8N4O2. The fraction of sp³-hybridized carbons (Fsp3) is 0. The number of imidazole rings is 1. The summed E-state index contributed by atoms with van der Waals surface area (Å²) >= 11 is 0. The predicted molar refractivity (Wildman–Crippen MR) is 53.6 cm³/mol. The van der Waals surface area contributed by atoms with Crippen molar-refractivity contribution in [2.45, 2.75) is 0 Å². The van der Waals surface area contributed by atoms with E-state index >= 15 is 0 Å². The number of hydrogen-bond acceptors (Lipinski definition) is 3. The van der Waals surface area contributed by atoms with Crippen LogP contribution in [-0.2, 0) is 0 Å². The molecule has 2 heterocycles. The molecule has 0 fully saturated rings. The van der Waals surface area contributed by atoms with Crippen LogP contribution in [0, 0.1) is 0 Å². The van der Waals surface area contributed by atoms with Gasteiger partial charge in [0.2, 0.25) is 11.5 Å². The van der Waals surface area contributed by atoms with Gasteiger partial charge in [-0.15, -0.1) is 0 Å². The normalized spacial score (nSPS) is 9.87. The summed E-state index contributed by atoms with van der Waals surface area (Å²) in [6.07, 6.45) is 3.10. The van der Waals surface area contributed by atoms with E-state index in [4.69, 9.17) is 0 Å². The number of aromatic amines is 2. The Morgan fingerprint density at radius 3 is 2.93 bits per heavy atom. The zero-order chi connectivity index (χ0) is 10.7. The third-order valence-corrected chi connectivity index (χ3v) is 1.74. The molecule has 0 aliphatic rings. The van der Waals surface area contributed by atoms with Gasteiger partial charge in [0.05, 0.1) is 0 Å². The molecule has 0 saturated heterocycles. The van der Waals surface area contributed by atoms with E-state index in [1.54, 1.807) is 6.20 Å². The van der Waals surface area contributed by atoms with Gasteiger partial charge in [0.15, 0.2) is 0 Å². The summed E-state index contributed by atoms with van der Waals surface area (Å²) in [6, 6.07) is 4.36. The lowest BCUT2D eigenvalue weighted by Crippen LogP contribution is -2.18. The zero-order valence-electron chi connectivity index (χ0n) is 7.65. The van der Waals surface area contributed by atoms with E-state index in [1.165, 1.54) is 24.4 Å². The number of pyridine rings is 1. The van der Waals surface area contributed by atoms with E-state index in [-0.39, 0.29) is 11.3 Å². The number of nitrogens with one attached hydrogen (secondary N) is 3. The maximum atomic E-state index is 11.5. The van der Waals surface area contributed by atoms with Gasteiger partial charge in [0.1, 0.15) is 5.69 Å². The minimum Gasteiger partial charge on any atom is -0.331 e. The first-order valence-corrected chi connectivity index (χ1v) is 4.26. The average molecular weight is 204 g/mol. The smallest absolute Gasteiger partial charge is 0.274 e. The summed E-state index contributed by atoms with van der Waals surface area (Å²) in [7, 11) is 0. The number of aromatic nitrogens is 3. The van der Waals surface area contributed by atoms with Gasteiger partial charge in [0.25, 0.3) is 5.91 Å². The van der Waals surface area contributed by atoms with E-state index in [9.17, 15) is 9.59 Å². The molecule has 0 saturated carbocycles. The standard InChI is InChI=1S/C9H8N4O2/c14-7-3-1-2-6(12-7)8(15)13-9-10-4-5-11-9/h1-5H,(H,12,14)(H2,10,11,13,15). The summed E-state index contributed by atoms with van der Waals surface area (Å²) in [5.74, 6) is -0.0765. The van der Waals surface area contributed by atoms with Crippen molar-refractivity contribution in [1.29, 1.82) is 0 Å². The predicted octanol–water partition coefficient (Wildman–Crippen LogP) is 0.350. The highest BCUT2D eigenvalue weighted by atomic mass is 16.2. The quantitative estimate of drug-likeness (QED) is 0.659. The van der Waals surface area contributed by atoms with Gasteiger partial charge in [-0.25, -0.2) is 4.98 Å². The molecule has 1 amide bonds. The summed E-state index contributed by atoms with van der Waals surface area (Å²) < 4.78 is 0. The van der Waals surface area contributed by atoms with Crippen molar-refractivity contribution in [3.05, 3.63) is 46.6 Å². The molecule has 76 valence electrons. The van der Waals surface area contributed by atoms with Crippen LogP contribution in [-0.4, -0.2) is 20.9 Å². The third kappa shape index (κ3) is 2.11. The molecule has 0 atom stereocenters. The number of carbonyl (C=O) groups excluding carboxylic acids is 1. The van der Waals surface area contributed by atoms with E-state index in [1.807, 2.05) is 0 Å². The highest BCUT2D eigenvalue weighted by Gasteiger charge is 2.06. The summed E-state index contributed by atoms with van der Waals surface area (Å²) in [6.45, 7) is 0. The van der Waals surface area contributed by atoms with Crippen LogP contribution in [0.1, 0.15) is 10.5 Å². The van der Waals surface area contributed by atoms with Crippen molar-refractivity contribution in [3.63, 3.8) is 0 Å². The summed E-state index contributed by atoms with van der Waals surface area (Å²) in [4.78, 5) is 31.4. The maximum Gasteiger partial charge on any atom is 0.274 e. The molecule has 0 aliphatic heterocycles. The van der Waals surface area contributed by atoms with E-state index in [2.05, 4.69) is 20.3 Å². The van der Waals surface area contributed by atoms with Crippen LogP contribution in [0.25, 0.3) is 0 Å². The topological polar surface area (TPSA) is 90.6 Å². The van der Waals surface area contributed by atoms with E-state index in [0.717, 1.165) is 0 Å². The molecule has 2 aromatic rings. The number of hydrogen-bond donors (Lipinski definition) is 3. The zero-order valence-corrected chi connectivity index (χ0v) is 7.65. The first-order chi connectivity index (χ1) is 7.25. The van der Waals surface area contributed by atoms with Gasteiger partial charge in [-0.05, 0) is 6.07 Å². The second-order valence-corrected chi connectivity index (χ2v) is 2.82. The van der Waals surface area contributed by atoms with Crippen molar-refractivity contribution >= 4 is 11.9 Å². The van der Waals surface area contributed by atoms with Crippen molar-refractivity contribution in [2.24, 2.45) is 0 Å². The molecule has 0 bridgehead atoms. The number of amides is 1.